The highest BCUT2D eigenvalue weighted by atomic mass is 19.4. The topological polar surface area (TPSA) is 34.2 Å². The number of aromatic amines is 1. The predicted octanol–water partition coefficient (Wildman–Crippen LogP) is 4.87. The summed E-state index contributed by atoms with van der Waals surface area (Å²) in [7, 11) is 2.98. The van der Waals surface area contributed by atoms with E-state index in [2.05, 4.69) is 4.98 Å². The molecular formula is C17H14F3NO2. The largest absolute Gasteiger partial charge is 0.497 e. The van der Waals surface area contributed by atoms with E-state index in [0.717, 1.165) is 0 Å². The average molecular weight is 321 g/mol. The summed E-state index contributed by atoms with van der Waals surface area (Å²) in [5.41, 5.74) is 0.195. The van der Waals surface area contributed by atoms with Gasteiger partial charge in [-0.1, -0.05) is 12.1 Å². The molecule has 0 bridgehead atoms. The summed E-state index contributed by atoms with van der Waals surface area (Å²) in [6.07, 6.45) is -4.48. The molecule has 0 amide bonds. The van der Waals surface area contributed by atoms with Gasteiger partial charge in [0.1, 0.15) is 17.2 Å². The Kier molecular flexibility index (Phi) is 3.67. The van der Waals surface area contributed by atoms with E-state index in [0.29, 0.717) is 28.0 Å². The van der Waals surface area contributed by atoms with Crippen LogP contribution in [0.2, 0.25) is 0 Å². The van der Waals surface area contributed by atoms with Crippen LogP contribution in [-0.4, -0.2) is 19.2 Å². The molecule has 6 heteroatoms. The van der Waals surface area contributed by atoms with Gasteiger partial charge in [-0.2, -0.15) is 13.2 Å². The van der Waals surface area contributed by atoms with Gasteiger partial charge >= 0.3 is 6.18 Å². The van der Waals surface area contributed by atoms with E-state index in [4.69, 9.17) is 9.47 Å². The maximum Gasteiger partial charge on any atom is 0.431 e. The van der Waals surface area contributed by atoms with E-state index in [1.165, 1.54) is 14.2 Å². The highest BCUT2D eigenvalue weighted by molar-refractivity contribution is 5.98. The average Bonchev–Trinajstić information content (AvgIpc) is 2.93. The normalized spacial score (nSPS) is 11.7. The van der Waals surface area contributed by atoms with Gasteiger partial charge in [-0.05, 0) is 29.8 Å². The second kappa shape index (κ2) is 5.53. The van der Waals surface area contributed by atoms with Crippen molar-refractivity contribution in [1.82, 2.24) is 4.98 Å². The molecule has 0 atom stereocenters. The van der Waals surface area contributed by atoms with Crippen LogP contribution in [-0.2, 0) is 6.18 Å². The predicted molar refractivity (Wildman–Crippen MR) is 81.8 cm³/mol. The van der Waals surface area contributed by atoms with Gasteiger partial charge in [0.15, 0.2) is 0 Å². The number of aromatic nitrogens is 1. The molecule has 3 rings (SSSR count). The first-order valence-corrected chi connectivity index (χ1v) is 6.85. The van der Waals surface area contributed by atoms with Gasteiger partial charge in [0, 0.05) is 17.0 Å². The van der Waals surface area contributed by atoms with E-state index in [1.54, 1.807) is 42.5 Å². The number of alkyl halides is 3. The molecular weight excluding hydrogens is 307 g/mol. The van der Waals surface area contributed by atoms with Crippen molar-refractivity contribution in [3.63, 3.8) is 0 Å². The number of nitrogens with one attached hydrogen (secondary N) is 1. The minimum Gasteiger partial charge on any atom is -0.497 e. The molecule has 2 aromatic carbocycles. The van der Waals surface area contributed by atoms with Crippen LogP contribution in [0.25, 0.3) is 22.0 Å². The van der Waals surface area contributed by atoms with Crippen LogP contribution in [0.15, 0.2) is 42.5 Å². The SMILES string of the molecule is COc1ccc(-c2c(C(F)(F)F)[nH]c3cc(OC)ccc23)cc1. The monoisotopic (exact) mass is 321 g/mol. The molecule has 0 aliphatic carbocycles. The maximum absolute atomic E-state index is 13.4. The van der Waals surface area contributed by atoms with Gasteiger partial charge in [-0.3, -0.25) is 0 Å². The van der Waals surface area contributed by atoms with Crippen LogP contribution in [0.5, 0.6) is 11.5 Å². The molecule has 1 aromatic heterocycles. The number of hydrogen-bond acceptors (Lipinski definition) is 2. The molecule has 0 unspecified atom stereocenters. The maximum atomic E-state index is 13.4. The van der Waals surface area contributed by atoms with E-state index < -0.39 is 11.9 Å². The van der Waals surface area contributed by atoms with Crippen LogP contribution >= 0.6 is 0 Å². The Morgan fingerprint density at radius 1 is 0.870 bits per heavy atom. The fraction of sp³-hybridized carbons (Fsp3) is 0.176. The number of methoxy groups -OCH3 is 2. The van der Waals surface area contributed by atoms with Crippen molar-refractivity contribution in [2.45, 2.75) is 6.18 Å². The third-order valence-corrected chi connectivity index (χ3v) is 3.67. The van der Waals surface area contributed by atoms with E-state index >= 15 is 0 Å². The molecule has 1 heterocycles. The van der Waals surface area contributed by atoms with Crippen molar-refractivity contribution in [3.05, 3.63) is 48.2 Å². The van der Waals surface area contributed by atoms with Crippen molar-refractivity contribution in [2.75, 3.05) is 14.2 Å². The van der Waals surface area contributed by atoms with E-state index in [1.807, 2.05) is 0 Å². The number of benzene rings is 2. The van der Waals surface area contributed by atoms with Crippen molar-refractivity contribution in [1.29, 1.82) is 0 Å². The molecule has 0 aliphatic heterocycles. The standard InChI is InChI=1S/C17H14F3NO2/c1-22-11-5-3-10(4-6-11)15-13-8-7-12(23-2)9-14(13)21-16(15)17(18,19)20/h3-9,21H,1-2H3. The molecule has 0 saturated carbocycles. The summed E-state index contributed by atoms with van der Waals surface area (Å²) in [4.78, 5) is 2.47. The molecule has 23 heavy (non-hydrogen) atoms. The van der Waals surface area contributed by atoms with Crippen LogP contribution in [0, 0.1) is 0 Å². The first-order chi connectivity index (χ1) is 10.9. The van der Waals surface area contributed by atoms with E-state index in [-0.39, 0.29) is 5.56 Å². The summed E-state index contributed by atoms with van der Waals surface area (Å²) in [5, 5.41) is 0.489. The minimum atomic E-state index is -4.48. The lowest BCUT2D eigenvalue weighted by atomic mass is 10.0. The first kappa shape index (κ1) is 15.3. The van der Waals surface area contributed by atoms with Crippen molar-refractivity contribution in [2.24, 2.45) is 0 Å². The lowest BCUT2D eigenvalue weighted by Crippen LogP contribution is -2.07. The van der Waals surface area contributed by atoms with Gasteiger partial charge in [0.2, 0.25) is 0 Å². The molecule has 3 aromatic rings. The zero-order chi connectivity index (χ0) is 16.6. The molecule has 120 valence electrons. The van der Waals surface area contributed by atoms with Crippen molar-refractivity contribution < 1.29 is 22.6 Å². The Bertz CT molecular complexity index is 835. The zero-order valence-electron chi connectivity index (χ0n) is 12.5. The summed E-state index contributed by atoms with van der Waals surface area (Å²) in [6, 6.07) is 11.3. The molecule has 0 saturated heterocycles. The number of halogens is 3. The quantitative estimate of drug-likeness (QED) is 0.747. The van der Waals surface area contributed by atoms with Gasteiger partial charge in [0.25, 0.3) is 0 Å². The minimum absolute atomic E-state index is 0.123. The second-order valence-electron chi connectivity index (χ2n) is 5.01. The third kappa shape index (κ3) is 2.72. The number of ether oxygens (including phenoxy) is 2. The van der Waals surface area contributed by atoms with Gasteiger partial charge in [0.05, 0.1) is 19.7 Å². The molecule has 0 spiro atoms. The lowest BCUT2D eigenvalue weighted by Gasteiger charge is -2.09. The number of hydrogen-bond donors (Lipinski definition) is 1. The molecule has 3 nitrogen and oxygen atoms in total. The van der Waals surface area contributed by atoms with Crippen LogP contribution in [0.4, 0.5) is 13.2 Å². The smallest absolute Gasteiger partial charge is 0.431 e. The van der Waals surface area contributed by atoms with Gasteiger partial charge in [-0.25, -0.2) is 0 Å². The molecule has 0 aliphatic rings. The lowest BCUT2D eigenvalue weighted by molar-refractivity contribution is -0.140. The zero-order valence-corrected chi connectivity index (χ0v) is 12.5. The Hall–Kier alpha value is -2.63. The van der Waals surface area contributed by atoms with Gasteiger partial charge in [-0.15, -0.1) is 0 Å². The molecule has 1 N–H and O–H groups in total. The van der Waals surface area contributed by atoms with Gasteiger partial charge < -0.3 is 14.5 Å². The fourth-order valence-corrected chi connectivity index (χ4v) is 2.57. The number of H-pyrrole nitrogens is 1. The van der Waals surface area contributed by atoms with Crippen LogP contribution < -0.4 is 9.47 Å². The molecule has 0 fully saturated rings. The first-order valence-electron chi connectivity index (χ1n) is 6.85. The summed E-state index contributed by atoms with van der Waals surface area (Å²) in [5.74, 6) is 1.08. The van der Waals surface area contributed by atoms with Crippen LogP contribution in [0.1, 0.15) is 5.69 Å². The highest BCUT2D eigenvalue weighted by Gasteiger charge is 2.36. The van der Waals surface area contributed by atoms with Crippen LogP contribution in [0.3, 0.4) is 0 Å². The highest BCUT2D eigenvalue weighted by Crippen LogP contribution is 2.42. The Balaban J connectivity index is 2.27. The fourth-order valence-electron chi connectivity index (χ4n) is 2.57. The van der Waals surface area contributed by atoms with E-state index in [9.17, 15) is 13.2 Å². The third-order valence-electron chi connectivity index (χ3n) is 3.67. The van der Waals surface area contributed by atoms with Crippen molar-refractivity contribution >= 4 is 10.9 Å². The molecule has 0 radical (unpaired) electrons. The number of fused-ring (bicyclic) bond motifs is 1. The summed E-state index contributed by atoms with van der Waals surface area (Å²) in [6.45, 7) is 0. The Morgan fingerprint density at radius 3 is 2.04 bits per heavy atom. The second-order valence-corrected chi connectivity index (χ2v) is 5.01. The summed E-state index contributed by atoms with van der Waals surface area (Å²) < 4.78 is 50.4. The van der Waals surface area contributed by atoms with Crippen molar-refractivity contribution in [3.8, 4) is 22.6 Å². The Labute approximate surface area is 130 Å². The number of rotatable bonds is 3. The summed E-state index contributed by atoms with van der Waals surface area (Å²) >= 11 is 0. The Morgan fingerprint density at radius 2 is 1.48 bits per heavy atom.